The van der Waals surface area contributed by atoms with Crippen molar-refractivity contribution in [2.45, 2.75) is 32.8 Å². The average Bonchev–Trinajstić information content (AvgIpc) is 2.60. The van der Waals surface area contributed by atoms with Crippen LogP contribution in [0, 0.1) is 0 Å². The highest BCUT2D eigenvalue weighted by atomic mass is 16.5. The molecule has 1 heterocycles. The summed E-state index contributed by atoms with van der Waals surface area (Å²) in [7, 11) is 0. The number of benzene rings is 1. The molecule has 0 bridgehead atoms. The van der Waals surface area contributed by atoms with Gasteiger partial charge >= 0.3 is 0 Å². The van der Waals surface area contributed by atoms with E-state index in [1.807, 2.05) is 36.1 Å². The minimum Gasteiger partial charge on any atom is -0.491 e. The summed E-state index contributed by atoms with van der Waals surface area (Å²) in [5, 5.41) is 0. The predicted molar refractivity (Wildman–Crippen MR) is 92.8 cm³/mol. The molecule has 2 rings (SSSR count). The van der Waals surface area contributed by atoms with Gasteiger partial charge in [0.25, 0.3) is 5.91 Å². The molecule has 1 aliphatic rings. The second kappa shape index (κ2) is 8.89. The number of carbonyl (C=O) groups is 1. The number of piperazine rings is 1. The maximum atomic E-state index is 12.7. The van der Waals surface area contributed by atoms with Gasteiger partial charge in [-0.3, -0.25) is 9.69 Å². The van der Waals surface area contributed by atoms with Gasteiger partial charge in [0, 0.05) is 31.7 Å². The van der Waals surface area contributed by atoms with Crippen LogP contribution in [0.2, 0.25) is 0 Å². The first-order valence-corrected chi connectivity index (χ1v) is 8.62. The zero-order chi connectivity index (χ0) is 16.7. The second-order valence-corrected chi connectivity index (χ2v) is 6.14. The highest BCUT2D eigenvalue weighted by Gasteiger charge is 2.22. The summed E-state index contributed by atoms with van der Waals surface area (Å²) < 4.78 is 5.81. The molecule has 1 amide bonds. The molecule has 1 aliphatic heterocycles. The van der Waals surface area contributed by atoms with Crippen LogP contribution < -0.4 is 10.5 Å². The summed E-state index contributed by atoms with van der Waals surface area (Å²) in [5.41, 5.74) is 6.26. The molecule has 1 saturated heterocycles. The third-order valence-electron chi connectivity index (χ3n) is 4.33. The van der Waals surface area contributed by atoms with Crippen LogP contribution in [0.3, 0.4) is 0 Å². The van der Waals surface area contributed by atoms with Gasteiger partial charge in [0.2, 0.25) is 0 Å². The molecule has 1 fully saturated rings. The van der Waals surface area contributed by atoms with Gasteiger partial charge in [0.1, 0.15) is 5.75 Å². The smallest absolute Gasteiger partial charge is 0.254 e. The number of carbonyl (C=O) groups excluding carboxylic acids is 1. The highest BCUT2D eigenvalue weighted by molar-refractivity contribution is 5.94. The molecule has 0 radical (unpaired) electrons. The molecule has 0 aliphatic carbocycles. The second-order valence-electron chi connectivity index (χ2n) is 6.14. The van der Waals surface area contributed by atoms with Crippen molar-refractivity contribution in [3.05, 3.63) is 29.8 Å². The lowest BCUT2D eigenvalue weighted by Crippen LogP contribution is -2.49. The zero-order valence-corrected chi connectivity index (χ0v) is 14.3. The summed E-state index contributed by atoms with van der Waals surface area (Å²) in [6.07, 6.45) is 2.12. The van der Waals surface area contributed by atoms with Gasteiger partial charge in [-0.1, -0.05) is 13.0 Å². The standard InChI is InChI=1S/C18H29N3O2/c1-3-15(2)23-17-7-4-6-16(14-17)18(22)21-12-10-20(11-13-21)9-5-8-19/h4,6-7,14-15H,3,5,8-13,19H2,1-2H3. The van der Waals surface area contributed by atoms with Crippen molar-refractivity contribution < 1.29 is 9.53 Å². The lowest BCUT2D eigenvalue weighted by molar-refractivity contribution is 0.0636. The van der Waals surface area contributed by atoms with E-state index in [9.17, 15) is 4.79 Å². The summed E-state index contributed by atoms with van der Waals surface area (Å²) in [5.74, 6) is 0.866. The first-order chi connectivity index (χ1) is 11.1. The molecular weight excluding hydrogens is 290 g/mol. The van der Waals surface area contributed by atoms with E-state index < -0.39 is 0 Å². The van der Waals surface area contributed by atoms with Crippen molar-refractivity contribution in [2.75, 3.05) is 39.3 Å². The van der Waals surface area contributed by atoms with Gasteiger partial charge in [-0.2, -0.15) is 0 Å². The maximum Gasteiger partial charge on any atom is 0.254 e. The van der Waals surface area contributed by atoms with Crippen LogP contribution in [0.15, 0.2) is 24.3 Å². The lowest BCUT2D eigenvalue weighted by atomic mass is 10.1. The molecule has 23 heavy (non-hydrogen) atoms. The quantitative estimate of drug-likeness (QED) is 0.835. The van der Waals surface area contributed by atoms with Crippen LogP contribution in [0.25, 0.3) is 0 Å². The van der Waals surface area contributed by atoms with Crippen molar-refractivity contribution in [3.8, 4) is 5.75 Å². The fraction of sp³-hybridized carbons (Fsp3) is 0.611. The van der Waals surface area contributed by atoms with E-state index >= 15 is 0 Å². The molecule has 1 aromatic carbocycles. The van der Waals surface area contributed by atoms with Crippen LogP contribution in [-0.4, -0.2) is 61.1 Å². The molecule has 1 atom stereocenters. The largest absolute Gasteiger partial charge is 0.491 e. The molecule has 0 spiro atoms. The van der Waals surface area contributed by atoms with Crippen LogP contribution in [0.4, 0.5) is 0 Å². The SMILES string of the molecule is CCC(C)Oc1cccc(C(=O)N2CCN(CCCN)CC2)c1. The number of nitrogens with two attached hydrogens (primary N) is 1. The molecule has 0 aromatic heterocycles. The monoisotopic (exact) mass is 319 g/mol. The fourth-order valence-corrected chi connectivity index (χ4v) is 2.69. The summed E-state index contributed by atoms with van der Waals surface area (Å²) in [6, 6.07) is 7.53. The van der Waals surface area contributed by atoms with Crippen molar-refractivity contribution in [1.82, 2.24) is 9.80 Å². The van der Waals surface area contributed by atoms with Gasteiger partial charge in [-0.25, -0.2) is 0 Å². The first kappa shape index (κ1) is 17.8. The van der Waals surface area contributed by atoms with Gasteiger partial charge in [0.15, 0.2) is 0 Å². The molecule has 1 aromatic rings. The zero-order valence-electron chi connectivity index (χ0n) is 14.3. The van der Waals surface area contributed by atoms with Crippen molar-refractivity contribution >= 4 is 5.91 Å². The maximum absolute atomic E-state index is 12.7. The molecule has 1 unspecified atom stereocenters. The van der Waals surface area contributed by atoms with E-state index in [0.717, 1.165) is 57.9 Å². The molecular formula is C18H29N3O2. The number of hydrogen-bond donors (Lipinski definition) is 1. The minimum absolute atomic E-state index is 0.0954. The van der Waals surface area contributed by atoms with Crippen LogP contribution in [-0.2, 0) is 0 Å². The van der Waals surface area contributed by atoms with Crippen LogP contribution in [0.5, 0.6) is 5.75 Å². The molecule has 5 heteroatoms. The lowest BCUT2D eigenvalue weighted by Gasteiger charge is -2.34. The first-order valence-electron chi connectivity index (χ1n) is 8.62. The normalized spacial score (nSPS) is 17.1. The topological polar surface area (TPSA) is 58.8 Å². The molecule has 5 nitrogen and oxygen atoms in total. The summed E-state index contributed by atoms with van der Waals surface area (Å²) >= 11 is 0. The highest BCUT2D eigenvalue weighted by Crippen LogP contribution is 2.18. The van der Waals surface area contributed by atoms with Crippen molar-refractivity contribution in [1.29, 1.82) is 0 Å². The van der Waals surface area contributed by atoms with Gasteiger partial charge < -0.3 is 15.4 Å². The third kappa shape index (κ3) is 5.22. The fourth-order valence-electron chi connectivity index (χ4n) is 2.69. The Morgan fingerprint density at radius 2 is 2.04 bits per heavy atom. The predicted octanol–water partition coefficient (Wildman–Crippen LogP) is 1.97. The van der Waals surface area contributed by atoms with Crippen LogP contribution >= 0.6 is 0 Å². The van der Waals surface area contributed by atoms with E-state index in [2.05, 4.69) is 11.8 Å². The Labute approximate surface area is 139 Å². The summed E-state index contributed by atoms with van der Waals surface area (Å²) in [4.78, 5) is 17.0. The number of rotatable bonds is 7. The Balaban J connectivity index is 1.92. The number of nitrogens with zero attached hydrogens (tertiary/aromatic N) is 2. The average molecular weight is 319 g/mol. The Morgan fingerprint density at radius 1 is 1.30 bits per heavy atom. The number of hydrogen-bond acceptors (Lipinski definition) is 4. The molecule has 2 N–H and O–H groups in total. The minimum atomic E-state index is 0.0954. The Hall–Kier alpha value is -1.59. The Morgan fingerprint density at radius 3 is 2.70 bits per heavy atom. The van der Waals surface area contributed by atoms with E-state index in [1.165, 1.54) is 0 Å². The Bertz CT molecular complexity index is 499. The van der Waals surface area contributed by atoms with E-state index in [1.54, 1.807) is 0 Å². The Kier molecular flexibility index (Phi) is 6.86. The van der Waals surface area contributed by atoms with Crippen molar-refractivity contribution in [3.63, 3.8) is 0 Å². The summed E-state index contributed by atoms with van der Waals surface area (Å²) in [6.45, 7) is 9.28. The van der Waals surface area contributed by atoms with E-state index in [-0.39, 0.29) is 12.0 Å². The van der Waals surface area contributed by atoms with E-state index in [4.69, 9.17) is 10.5 Å². The molecule has 0 saturated carbocycles. The number of amides is 1. The number of ether oxygens (including phenoxy) is 1. The van der Waals surface area contributed by atoms with Gasteiger partial charge in [-0.15, -0.1) is 0 Å². The van der Waals surface area contributed by atoms with E-state index in [0.29, 0.717) is 5.56 Å². The van der Waals surface area contributed by atoms with Gasteiger partial charge in [0.05, 0.1) is 6.10 Å². The third-order valence-corrected chi connectivity index (χ3v) is 4.33. The van der Waals surface area contributed by atoms with Crippen LogP contribution in [0.1, 0.15) is 37.0 Å². The van der Waals surface area contributed by atoms with Gasteiger partial charge in [-0.05, 0) is 51.1 Å². The molecule has 128 valence electrons. The van der Waals surface area contributed by atoms with Crippen molar-refractivity contribution in [2.24, 2.45) is 5.73 Å².